The average molecular weight is 541 g/mol. The number of phenols is 1. The number of aromatic hydroxyl groups is 1. The number of nitrogens with two attached hydrogens (primary N) is 1. The van der Waals surface area contributed by atoms with Crippen LogP contribution in [0.15, 0.2) is 24.3 Å². The lowest BCUT2D eigenvalue weighted by Crippen LogP contribution is -2.57. The number of carboxylic acids is 1. The van der Waals surface area contributed by atoms with Gasteiger partial charge in [-0.25, -0.2) is 0 Å². The summed E-state index contributed by atoms with van der Waals surface area (Å²) >= 11 is 0. The third-order valence-electron chi connectivity index (χ3n) is 4.91. The van der Waals surface area contributed by atoms with Crippen LogP contribution >= 0.6 is 0 Å². The van der Waals surface area contributed by atoms with Gasteiger partial charge in [-0.2, -0.15) is 0 Å². The SMILES string of the molecule is C[C@@H](O)[C@H](NC(=O)[C@@H](N)CO)C(=O)NCC(=O)NCC(=O)N[C@@H](Cc1ccc(O)cc1)C(=O)NCC(=O)O. The molecule has 0 unspecified atom stereocenters. The Hall–Kier alpha value is -4.28. The molecule has 16 heteroatoms. The molecule has 0 saturated carbocycles. The van der Waals surface area contributed by atoms with E-state index in [1.165, 1.54) is 31.2 Å². The molecule has 0 heterocycles. The highest BCUT2D eigenvalue weighted by Crippen LogP contribution is 2.11. The number of amides is 5. The van der Waals surface area contributed by atoms with Gasteiger partial charge >= 0.3 is 5.97 Å². The van der Waals surface area contributed by atoms with Gasteiger partial charge in [0.2, 0.25) is 29.5 Å². The van der Waals surface area contributed by atoms with Crippen molar-refractivity contribution in [1.82, 2.24) is 26.6 Å². The maximum atomic E-state index is 12.4. The van der Waals surface area contributed by atoms with Gasteiger partial charge in [0.1, 0.15) is 30.4 Å². The Kier molecular flexibility index (Phi) is 13.2. The summed E-state index contributed by atoms with van der Waals surface area (Å²) in [6.07, 6.45) is -1.41. The number of carboxylic acid groups (broad SMARTS) is 1. The van der Waals surface area contributed by atoms with E-state index >= 15 is 0 Å². The zero-order valence-electron chi connectivity index (χ0n) is 20.5. The average Bonchev–Trinajstić information content (AvgIpc) is 2.87. The third kappa shape index (κ3) is 11.6. The van der Waals surface area contributed by atoms with Crippen LogP contribution in [0.2, 0.25) is 0 Å². The summed E-state index contributed by atoms with van der Waals surface area (Å²) in [6, 6.07) is 1.74. The summed E-state index contributed by atoms with van der Waals surface area (Å²) in [6.45, 7) is -1.40. The zero-order chi connectivity index (χ0) is 28.8. The number of aliphatic hydroxyl groups excluding tert-OH is 2. The Morgan fingerprint density at radius 3 is 1.97 bits per heavy atom. The van der Waals surface area contributed by atoms with E-state index < -0.39 is 86.0 Å². The van der Waals surface area contributed by atoms with Gasteiger partial charge in [0, 0.05) is 6.42 Å². The van der Waals surface area contributed by atoms with Crippen molar-refractivity contribution >= 4 is 35.5 Å². The van der Waals surface area contributed by atoms with Crippen molar-refractivity contribution in [1.29, 1.82) is 0 Å². The maximum absolute atomic E-state index is 12.4. The second-order valence-corrected chi connectivity index (χ2v) is 8.11. The lowest BCUT2D eigenvalue weighted by Gasteiger charge is -2.22. The van der Waals surface area contributed by atoms with Crippen LogP contribution in [0.25, 0.3) is 0 Å². The number of rotatable bonds is 15. The minimum atomic E-state index is -1.47. The van der Waals surface area contributed by atoms with Crippen molar-refractivity contribution in [2.24, 2.45) is 5.73 Å². The fraction of sp³-hybridized carbons (Fsp3) is 0.455. The summed E-state index contributed by atoms with van der Waals surface area (Å²) in [5.41, 5.74) is 5.90. The molecule has 0 fully saturated rings. The van der Waals surface area contributed by atoms with Gasteiger partial charge in [-0.05, 0) is 24.6 Å². The largest absolute Gasteiger partial charge is 0.508 e. The van der Waals surface area contributed by atoms with Crippen molar-refractivity contribution in [3.05, 3.63) is 29.8 Å². The monoisotopic (exact) mass is 540 g/mol. The molecule has 16 nitrogen and oxygen atoms in total. The molecule has 11 N–H and O–H groups in total. The molecule has 1 aromatic rings. The highest BCUT2D eigenvalue weighted by Gasteiger charge is 2.28. The molecule has 4 atom stereocenters. The van der Waals surface area contributed by atoms with Gasteiger partial charge in [-0.1, -0.05) is 12.1 Å². The van der Waals surface area contributed by atoms with Crippen LogP contribution in [0.5, 0.6) is 5.75 Å². The van der Waals surface area contributed by atoms with E-state index in [4.69, 9.17) is 15.9 Å². The first-order valence-electron chi connectivity index (χ1n) is 11.3. The molecule has 0 aliphatic rings. The first-order valence-corrected chi connectivity index (χ1v) is 11.3. The molecular weight excluding hydrogens is 508 g/mol. The Balaban J connectivity index is 2.65. The summed E-state index contributed by atoms with van der Waals surface area (Å²) in [5.74, 6) is -5.55. The van der Waals surface area contributed by atoms with E-state index in [1.807, 2.05) is 0 Å². The van der Waals surface area contributed by atoms with Gasteiger partial charge in [0.25, 0.3) is 0 Å². The predicted octanol–water partition coefficient (Wildman–Crippen LogP) is -4.96. The number of carbonyl (C=O) groups excluding carboxylic acids is 5. The van der Waals surface area contributed by atoms with Crippen molar-refractivity contribution in [3.8, 4) is 5.75 Å². The number of aliphatic hydroxyl groups is 2. The van der Waals surface area contributed by atoms with Gasteiger partial charge in [0.05, 0.1) is 25.8 Å². The van der Waals surface area contributed by atoms with Crippen molar-refractivity contribution in [2.45, 2.75) is 37.6 Å². The van der Waals surface area contributed by atoms with Crippen LogP contribution in [0.1, 0.15) is 12.5 Å². The zero-order valence-corrected chi connectivity index (χ0v) is 20.5. The molecule has 0 bridgehead atoms. The van der Waals surface area contributed by atoms with Crippen LogP contribution in [-0.4, -0.2) is 106 Å². The third-order valence-corrected chi connectivity index (χ3v) is 4.91. The molecule has 0 aromatic heterocycles. The maximum Gasteiger partial charge on any atom is 0.322 e. The predicted molar refractivity (Wildman–Crippen MR) is 129 cm³/mol. The summed E-state index contributed by atoms with van der Waals surface area (Å²) in [4.78, 5) is 71.5. The van der Waals surface area contributed by atoms with Crippen LogP contribution < -0.4 is 32.3 Å². The summed E-state index contributed by atoms with van der Waals surface area (Å²) < 4.78 is 0. The minimum absolute atomic E-state index is 0.0182. The summed E-state index contributed by atoms with van der Waals surface area (Å²) in [5, 5.41) is 47.8. The minimum Gasteiger partial charge on any atom is -0.508 e. The number of benzene rings is 1. The number of hydrogen-bond donors (Lipinski definition) is 10. The Morgan fingerprint density at radius 1 is 0.842 bits per heavy atom. The number of phenolic OH excluding ortho intramolecular Hbond substituents is 1. The first kappa shape index (κ1) is 31.7. The molecule has 1 aromatic carbocycles. The standard InChI is InChI=1S/C22H32N6O10/c1-11(30)19(28-20(36)14(23)10-29)22(38)25-7-16(32)24-8-17(33)27-15(21(37)26-9-18(34)35)6-12-2-4-13(31)5-3-12/h2-5,11,14-15,19,29-31H,6-10,23H2,1H3,(H,24,32)(H,25,38)(H,26,37)(H,27,33)(H,28,36)(H,34,35)/t11-,14+,15+,19+/m1/s1. The van der Waals surface area contributed by atoms with Gasteiger partial charge in [0.15, 0.2) is 0 Å². The molecule has 5 amide bonds. The Labute approximate surface area is 217 Å². The smallest absolute Gasteiger partial charge is 0.322 e. The highest BCUT2D eigenvalue weighted by atomic mass is 16.4. The molecule has 1 rings (SSSR count). The number of hydrogen-bond acceptors (Lipinski definition) is 10. The molecule has 38 heavy (non-hydrogen) atoms. The van der Waals surface area contributed by atoms with Crippen molar-refractivity contribution < 1.29 is 49.2 Å². The van der Waals surface area contributed by atoms with E-state index in [0.717, 1.165) is 0 Å². The van der Waals surface area contributed by atoms with Crippen LogP contribution in [0.4, 0.5) is 0 Å². The fourth-order valence-electron chi connectivity index (χ4n) is 2.88. The number of carbonyl (C=O) groups is 6. The van der Waals surface area contributed by atoms with E-state index in [0.29, 0.717) is 5.56 Å². The highest BCUT2D eigenvalue weighted by molar-refractivity contribution is 5.94. The molecule has 0 saturated heterocycles. The quantitative estimate of drug-likeness (QED) is 0.101. The van der Waals surface area contributed by atoms with Gasteiger partial charge in [-0.3, -0.25) is 28.8 Å². The number of nitrogens with one attached hydrogen (secondary N) is 5. The number of aliphatic carboxylic acids is 1. The second-order valence-electron chi connectivity index (χ2n) is 8.11. The van der Waals surface area contributed by atoms with Crippen LogP contribution in [0.3, 0.4) is 0 Å². The summed E-state index contributed by atoms with van der Waals surface area (Å²) in [7, 11) is 0. The van der Waals surface area contributed by atoms with E-state index in [1.54, 1.807) is 0 Å². The second kappa shape index (κ2) is 15.7. The molecule has 0 aliphatic carbocycles. The lowest BCUT2D eigenvalue weighted by molar-refractivity contribution is -0.138. The van der Waals surface area contributed by atoms with E-state index in [9.17, 15) is 39.0 Å². The van der Waals surface area contributed by atoms with E-state index in [-0.39, 0.29) is 12.2 Å². The molecular formula is C22H32N6O10. The van der Waals surface area contributed by atoms with Crippen LogP contribution in [-0.2, 0) is 35.2 Å². The van der Waals surface area contributed by atoms with Gasteiger partial charge in [-0.15, -0.1) is 0 Å². The normalized spacial score (nSPS) is 13.7. The first-order chi connectivity index (χ1) is 17.8. The van der Waals surface area contributed by atoms with Crippen molar-refractivity contribution in [3.63, 3.8) is 0 Å². The van der Waals surface area contributed by atoms with Crippen molar-refractivity contribution in [2.75, 3.05) is 26.2 Å². The molecule has 0 aliphatic heterocycles. The molecule has 0 spiro atoms. The Bertz CT molecular complexity index is 1000. The molecule has 210 valence electrons. The van der Waals surface area contributed by atoms with Gasteiger partial charge < -0.3 is 52.7 Å². The van der Waals surface area contributed by atoms with E-state index in [2.05, 4.69) is 26.6 Å². The van der Waals surface area contributed by atoms with Crippen LogP contribution in [0, 0.1) is 0 Å². The lowest BCUT2D eigenvalue weighted by atomic mass is 10.0. The Morgan fingerprint density at radius 2 is 1.42 bits per heavy atom. The molecule has 0 radical (unpaired) electrons. The fourth-order valence-corrected chi connectivity index (χ4v) is 2.88. The topological polar surface area (TPSA) is 270 Å².